The van der Waals surface area contributed by atoms with Gasteiger partial charge in [0.05, 0.1) is 0 Å². The summed E-state index contributed by atoms with van der Waals surface area (Å²) in [6.07, 6.45) is 5.64. The van der Waals surface area contributed by atoms with Crippen LogP contribution in [-0.4, -0.2) is 10.9 Å². The van der Waals surface area contributed by atoms with E-state index in [0.717, 1.165) is 5.56 Å². The number of aromatic nitrogens is 1. The zero-order chi connectivity index (χ0) is 11.7. The summed E-state index contributed by atoms with van der Waals surface area (Å²) in [6.45, 7) is 8.69. The molecule has 0 aliphatic heterocycles. The van der Waals surface area contributed by atoms with Crippen LogP contribution in [0.5, 0.6) is 0 Å². The van der Waals surface area contributed by atoms with E-state index in [0.29, 0.717) is 18.0 Å². The van der Waals surface area contributed by atoms with Crippen molar-refractivity contribution in [1.82, 2.24) is 5.16 Å². The normalized spacial score (nSPS) is 8.67. The van der Waals surface area contributed by atoms with E-state index in [1.807, 2.05) is 6.92 Å². The molecule has 15 heavy (non-hydrogen) atoms. The number of nitrogens with zero attached hydrogens (tertiary/aromatic N) is 1. The molecule has 0 saturated carbocycles. The van der Waals surface area contributed by atoms with Crippen LogP contribution in [0.4, 0.5) is 0 Å². The molecule has 82 valence electrons. The Morgan fingerprint density at radius 1 is 1.53 bits per heavy atom. The highest BCUT2D eigenvalue weighted by molar-refractivity contribution is 6.30. The fourth-order valence-corrected chi connectivity index (χ4v) is 0.762. The Hall–Kier alpha value is -1.35. The van der Waals surface area contributed by atoms with Gasteiger partial charge >= 0.3 is 0 Å². The minimum absolute atomic E-state index is 0.176. The molecular formula is C11H14ClNO2. The lowest BCUT2D eigenvalue weighted by molar-refractivity contribution is -0.117. The van der Waals surface area contributed by atoms with Gasteiger partial charge in [-0.05, 0) is 6.92 Å². The van der Waals surface area contributed by atoms with E-state index in [-0.39, 0.29) is 5.78 Å². The predicted octanol–water partition coefficient (Wildman–Crippen LogP) is 3.34. The zero-order valence-electron chi connectivity index (χ0n) is 8.70. The Kier molecular flexibility index (Phi) is 7.28. The summed E-state index contributed by atoms with van der Waals surface area (Å²) >= 11 is 5.42. The highest BCUT2D eigenvalue weighted by Gasteiger charge is 1.94. The van der Waals surface area contributed by atoms with Crippen molar-refractivity contribution in [2.75, 3.05) is 0 Å². The van der Waals surface area contributed by atoms with Gasteiger partial charge in [-0.15, -0.1) is 13.2 Å². The monoisotopic (exact) mass is 227 g/mol. The third-order valence-corrected chi connectivity index (χ3v) is 1.80. The van der Waals surface area contributed by atoms with Crippen LogP contribution in [0, 0.1) is 6.92 Å². The topological polar surface area (TPSA) is 43.1 Å². The van der Waals surface area contributed by atoms with Gasteiger partial charge in [0.1, 0.15) is 12.0 Å². The zero-order valence-corrected chi connectivity index (χ0v) is 9.46. The Bertz CT molecular complexity index is 303. The molecule has 1 rings (SSSR count). The molecule has 4 heteroatoms. The van der Waals surface area contributed by atoms with Crippen LogP contribution in [0.1, 0.15) is 18.4 Å². The van der Waals surface area contributed by atoms with Crippen LogP contribution in [-0.2, 0) is 4.79 Å². The van der Waals surface area contributed by atoms with Crippen molar-refractivity contribution in [1.29, 1.82) is 0 Å². The lowest BCUT2D eigenvalue weighted by Crippen LogP contribution is -1.90. The van der Waals surface area contributed by atoms with Gasteiger partial charge < -0.3 is 4.52 Å². The number of aryl methyl sites for hydroxylation is 1. The first-order chi connectivity index (χ1) is 7.11. The fourth-order valence-electron chi connectivity index (χ4n) is 0.678. The van der Waals surface area contributed by atoms with Crippen LogP contribution in [0.2, 0.25) is 5.15 Å². The molecule has 0 radical (unpaired) electrons. The standard InChI is InChI=1S/C7H10O.C4H4ClNO/c1-3-5-7(8)6-4-2;1-3-2-7-6-4(3)5/h3-4H,1-2,5-6H2;2H,1H3. The van der Waals surface area contributed by atoms with Crippen molar-refractivity contribution in [3.8, 4) is 0 Å². The van der Waals surface area contributed by atoms with Crippen molar-refractivity contribution >= 4 is 17.4 Å². The Morgan fingerprint density at radius 3 is 2.27 bits per heavy atom. The Morgan fingerprint density at radius 2 is 2.07 bits per heavy atom. The van der Waals surface area contributed by atoms with Gasteiger partial charge in [0.2, 0.25) is 0 Å². The minimum Gasteiger partial charge on any atom is -0.363 e. The molecule has 0 atom stereocenters. The number of Topliss-reactive ketones (excluding diaryl/α,β-unsaturated/α-hetero) is 1. The third-order valence-electron chi connectivity index (χ3n) is 1.43. The number of hydrogen-bond acceptors (Lipinski definition) is 3. The number of hydrogen-bond donors (Lipinski definition) is 0. The van der Waals surface area contributed by atoms with Gasteiger partial charge in [0.25, 0.3) is 0 Å². The van der Waals surface area contributed by atoms with Crippen molar-refractivity contribution in [2.45, 2.75) is 19.8 Å². The average molecular weight is 228 g/mol. The first kappa shape index (κ1) is 13.7. The Balaban J connectivity index is 0.000000262. The number of ketones is 1. The van der Waals surface area contributed by atoms with Crippen molar-refractivity contribution < 1.29 is 9.32 Å². The van der Waals surface area contributed by atoms with Crippen molar-refractivity contribution in [3.63, 3.8) is 0 Å². The molecule has 1 aromatic rings. The molecular weight excluding hydrogens is 214 g/mol. The third kappa shape index (κ3) is 6.69. The number of allylic oxidation sites excluding steroid dienone is 2. The number of halogens is 1. The molecule has 0 fully saturated rings. The average Bonchev–Trinajstić information content (AvgIpc) is 2.53. The van der Waals surface area contributed by atoms with Crippen LogP contribution >= 0.6 is 11.6 Å². The first-order valence-corrected chi connectivity index (χ1v) is 4.79. The van der Waals surface area contributed by atoms with Crippen LogP contribution < -0.4 is 0 Å². The molecule has 0 aromatic carbocycles. The SMILES string of the molecule is C=CCC(=O)CC=C.Cc1conc1Cl. The molecule has 1 heterocycles. The molecule has 0 saturated heterocycles. The van der Waals surface area contributed by atoms with Gasteiger partial charge in [-0.25, -0.2) is 0 Å². The quantitative estimate of drug-likeness (QED) is 0.741. The van der Waals surface area contributed by atoms with E-state index in [1.54, 1.807) is 12.2 Å². The molecule has 0 aliphatic rings. The van der Waals surface area contributed by atoms with Crippen molar-refractivity contribution in [2.24, 2.45) is 0 Å². The van der Waals surface area contributed by atoms with E-state index in [9.17, 15) is 4.79 Å². The highest BCUT2D eigenvalue weighted by atomic mass is 35.5. The maximum absolute atomic E-state index is 10.5. The number of carbonyl (C=O) groups excluding carboxylic acids is 1. The summed E-state index contributed by atoms with van der Waals surface area (Å²) in [7, 11) is 0. The van der Waals surface area contributed by atoms with Gasteiger partial charge in [0, 0.05) is 18.4 Å². The summed E-state index contributed by atoms with van der Waals surface area (Å²) in [5, 5.41) is 3.85. The summed E-state index contributed by atoms with van der Waals surface area (Å²) < 4.78 is 4.46. The molecule has 0 bridgehead atoms. The second-order valence-corrected chi connectivity index (χ2v) is 3.17. The van der Waals surface area contributed by atoms with Crippen molar-refractivity contribution in [3.05, 3.63) is 42.3 Å². The second kappa shape index (κ2) is 8.00. The maximum Gasteiger partial charge on any atom is 0.174 e. The lowest BCUT2D eigenvalue weighted by atomic mass is 10.2. The van der Waals surface area contributed by atoms with E-state index < -0.39 is 0 Å². The summed E-state index contributed by atoms with van der Waals surface area (Å²) in [4.78, 5) is 10.5. The van der Waals surface area contributed by atoms with E-state index >= 15 is 0 Å². The van der Waals surface area contributed by atoms with Gasteiger partial charge in [-0.1, -0.05) is 28.9 Å². The van der Waals surface area contributed by atoms with E-state index in [1.165, 1.54) is 6.26 Å². The second-order valence-electron chi connectivity index (χ2n) is 2.81. The van der Waals surface area contributed by atoms with Crippen LogP contribution in [0.15, 0.2) is 36.1 Å². The fraction of sp³-hybridized carbons (Fsp3) is 0.273. The van der Waals surface area contributed by atoms with E-state index in [2.05, 4.69) is 22.8 Å². The molecule has 3 nitrogen and oxygen atoms in total. The van der Waals surface area contributed by atoms with Crippen LogP contribution in [0.25, 0.3) is 0 Å². The number of rotatable bonds is 4. The van der Waals surface area contributed by atoms with Gasteiger partial charge in [-0.3, -0.25) is 4.79 Å². The lowest BCUT2D eigenvalue weighted by Gasteiger charge is -1.85. The first-order valence-electron chi connectivity index (χ1n) is 4.41. The summed E-state index contributed by atoms with van der Waals surface area (Å²) in [6, 6.07) is 0. The van der Waals surface area contributed by atoms with Gasteiger partial charge in [0.15, 0.2) is 5.15 Å². The summed E-state index contributed by atoms with van der Waals surface area (Å²) in [5.74, 6) is 0.176. The highest BCUT2D eigenvalue weighted by Crippen LogP contribution is 2.09. The smallest absolute Gasteiger partial charge is 0.174 e. The molecule has 1 aromatic heterocycles. The number of carbonyl (C=O) groups is 1. The molecule has 0 unspecified atom stereocenters. The molecule has 0 N–H and O–H groups in total. The van der Waals surface area contributed by atoms with E-state index in [4.69, 9.17) is 11.6 Å². The van der Waals surface area contributed by atoms with Crippen LogP contribution in [0.3, 0.4) is 0 Å². The summed E-state index contributed by atoms with van der Waals surface area (Å²) in [5.41, 5.74) is 0.877. The molecule has 0 aliphatic carbocycles. The largest absolute Gasteiger partial charge is 0.363 e. The minimum atomic E-state index is 0.176. The molecule has 0 spiro atoms. The van der Waals surface area contributed by atoms with Gasteiger partial charge in [-0.2, -0.15) is 0 Å². The predicted molar refractivity (Wildman–Crippen MR) is 60.9 cm³/mol. The maximum atomic E-state index is 10.5. The molecule has 0 amide bonds. The Labute approximate surface area is 94.4 Å².